The normalized spacial score (nSPS) is 19.1. The number of aromatic nitrogens is 2. The largest absolute Gasteiger partial charge is 0.316 e. The van der Waals surface area contributed by atoms with Crippen molar-refractivity contribution < 1.29 is 4.79 Å². The molecule has 0 aliphatic carbocycles. The van der Waals surface area contributed by atoms with Gasteiger partial charge in [-0.2, -0.15) is 0 Å². The SMILES string of the molecule is Cc1cc(C2=NCc3cc(CC(=O)CC4CCCNC4)ncc32)ccn1. The number of rotatable bonds is 5. The van der Waals surface area contributed by atoms with Gasteiger partial charge in [-0.1, -0.05) is 0 Å². The van der Waals surface area contributed by atoms with Crippen molar-refractivity contribution in [2.75, 3.05) is 13.1 Å². The number of carbonyl (C=O) groups excluding carboxylic acids is 1. The molecule has 2 aromatic rings. The summed E-state index contributed by atoms with van der Waals surface area (Å²) in [6.45, 7) is 4.68. The van der Waals surface area contributed by atoms with Gasteiger partial charge in [0.15, 0.2) is 0 Å². The van der Waals surface area contributed by atoms with Gasteiger partial charge in [0.2, 0.25) is 0 Å². The summed E-state index contributed by atoms with van der Waals surface area (Å²) in [4.78, 5) is 25.9. The van der Waals surface area contributed by atoms with Gasteiger partial charge in [0, 0.05) is 47.8 Å². The molecule has 0 saturated carbocycles. The van der Waals surface area contributed by atoms with Gasteiger partial charge in [0.25, 0.3) is 0 Å². The average Bonchev–Trinajstić information content (AvgIpc) is 3.05. The maximum atomic E-state index is 12.4. The lowest BCUT2D eigenvalue weighted by Gasteiger charge is -2.21. The summed E-state index contributed by atoms with van der Waals surface area (Å²) < 4.78 is 0. The summed E-state index contributed by atoms with van der Waals surface area (Å²) in [5.41, 5.74) is 6.12. The maximum Gasteiger partial charge on any atom is 0.139 e. The molecule has 4 heterocycles. The van der Waals surface area contributed by atoms with Crippen molar-refractivity contribution in [2.24, 2.45) is 10.9 Å². The number of aliphatic imine (C=N–C) groups is 1. The molecule has 1 unspecified atom stereocenters. The molecule has 1 fully saturated rings. The molecule has 26 heavy (non-hydrogen) atoms. The van der Waals surface area contributed by atoms with Crippen molar-refractivity contribution in [3.05, 3.63) is 58.7 Å². The van der Waals surface area contributed by atoms with E-state index in [1.165, 1.54) is 6.42 Å². The molecule has 1 N–H and O–H groups in total. The van der Waals surface area contributed by atoms with Crippen molar-refractivity contribution in [1.29, 1.82) is 0 Å². The smallest absolute Gasteiger partial charge is 0.139 e. The third-order valence-electron chi connectivity index (χ3n) is 5.17. The third-order valence-corrected chi connectivity index (χ3v) is 5.17. The van der Waals surface area contributed by atoms with Crippen LogP contribution in [-0.4, -0.2) is 34.6 Å². The summed E-state index contributed by atoms with van der Waals surface area (Å²) in [6, 6.07) is 6.08. The molecular formula is C21H24N4O. The average molecular weight is 348 g/mol. The van der Waals surface area contributed by atoms with Gasteiger partial charge in [-0.05, 0) is 62.5 Å². The highest BCUT2D eigenvalue weighted by molar-refractivity contribution is 6.15. The molecule has 134 valence electrons. The summed E-state index contributed by atoms with van der Waals surface area (Å²) in [5.74, 6) is 0.769. The number of nitrogens with one attached hydrogen (secondary N) is 1. The van der Waals surface area contributed by atoms with Gasteiger partial charge >= 0.3 is 0 Å². The molecule has 2 aliphatic rings. The minimum Gasteiger partial charge on any atom is -0.316 e. The van der Waals surface area contributed by atoms with Crippen LogP contribution in [0.25, 0.3) is 0 Å². The van der Waals surface area contributed by atoms with Gasteiger partial charge in [-0.3, -0.25) is 19.8 Å². The van der Waals surface area contributed by atoms with Crippen LogP contribution in [-0.2, 0) is 17.8 Å². The second-order valence-electron chi connectivity index (χ2n) is 7.32. The summed E-state index contributed by atoms with van der Waals surface area (Å²) >= 11 is 0. The summed E-state index contributed by atoms with van der Waals surface area (Å²) in [5, 5.41) is 3.37. The molecular weight excluding hydrogens is 324 g/mol. The summed E-state index contributed by atoms with van der Waals surface area (Å²) in [7, 11) is 0. The van der Waals surface area contributed by atoms with E-state index in [0.29, 0.717) is 25.3 Å². The Morgan fingerprint density at radius 3 is 3.04 bits per heavy atom. The van der Waals surface area contributed by atoms with E-state index >= 15 is 0 Å². The lowest BCUT2D eigenvalue weighted by atomic mass is 9.92. The van der Waals surface area contributed by atoms with Crippen molar-refractivity contribution in [2.45, 2.75) is 39.2 Å². The molecule has 5 heteroatoms. The van der Waals surface area contributed by atoms with Crippen LogP contribution in [0.15, 0.2) is 35.6 Å². The fourth-order valence-electron chi connectivity index (χ4n) is 3.87. The molecule has 0 spiro atoms. The van der Waals surface area contributed by atoms with Gasteiger partial charge in [0.1, 0.15) is 5.78 Å². The van der Waals surface area contributed by atoms with E-state index in [1.807, 2.05) is 31.5 Å². The number of aryl methyl sites for hydroxylation is 1. The van der Waals surface area contributed by atoms with E-state index in [9.17, 15) is 4.79 Å². The molecule has 2 aliphatic heterocycles. The van der Waals surface area contributed by atoms with Gasteiger partial charge in [0.05, 0.1) is 12.3 Å². The van der Waals surface area contributed by atoms with Crippen molar-refractivity contribution in [3.8, 4) is 0 Å². The van der Waals surface area contributed by atoms with Gasteiger partial charge < -0.3 is 5.32 Å². The molecule has 4 rings (SSSR count). The second-order valence-corrected chi connectivity index (χ2v) is 7.32. The number of Topliss-reactive ketones (excluding diaryl/α,β-unsaturated/α-hetero) is 1. The number of hydrogen-bond acceptors (Lipinski definition) is 5. The Kier molecular flexibility index (Phi) is 4.89. The zero-order chi connectivity index (χ0) is 17.9. The molecule has 2 aromatic heterocycles. The first kappa shape index (κ1) is 17.0. The first-order valence-electron chi connectivity index (χ1n) is 9.37. The number of nitrogens with zero attached hydrogens (tertiary/aromatic N) is 3. The predicted octanol–water partition coefficient (Wildman–Crippen LogP) is 2.64. The quantitative estimate of drug-likeness (QED) is 0.902. The molecule has 0 bridgehead atoms. The fourth-order valence-corrected chi connectivity index (χ4v) is 3.87. The Morgan fingerprint density at radius 1 is 1.31 bits per heavy atom. The Bertz CT molecular complexity index is 853. The molecule has 0 radical (unpaired) electrons. The van der Waals surface area contributed by atoms with E-state index in [0.717, 1.165) is 53.3 Å². The zero-order valence-corrected chi connectivity index (χ0v) is 15.2. The summed E-state index contributed by atoms with van der Waals surface area (Å²) in [6.07, 6.45) is 7.09. The van der Waals surface area contributed by atoms with E-state index in [2.05, 4.69) is 26.3 Å². The van der Waals surface area contributed by atoms with Crippen LogP contribution in [0.4, 0.5) is 0 Å². The fraction of sp³-hybridized carbons (Fsp3) is 0.429. The molecule has 1 atom stereocenters. The second kappa shape index (κ2) is 7.46. The molecule has 0 amide bonds. The van der Waals surface area contributed by atoms with Crippen LogP contribution in [0.1, 0.15) is 47.3 Å². The van der Waals surface area contributed by atoms with E-state index in [-0.39, 0.29) is 5.78 Å². The van der Waals surface area contributed by atoms with Crippen LogP contribution in [0.3, 0.4) is 0 Å². The van der Waals surface area contributed by atoms with Gasteiger partial charge in [-0.15, -0.1) is 0 Å². The Hall–Kier alpha value is -2.40. The number of pyridine rings is 2. The van der Waals surface area contributed by atoms with Crippen LogP contribution in [0.2, 0.25) is 0 Å². The zero-order valence-electron chi connectivity index (χ0n) is 15.2. The number of carbonyl (C=O) groups is 1. The van der Waals surface area contributed by atoms with Crippen molar-refractivity contribution in [3.63, 3.8) is 0 Å². The van der Waals surface area contributed by atoms with Crippen molar-refractivity contribution >= 4 is 11.5 Å². The minimum absolute atomic E-state index is 0.287. The van der Waals surface area contributed by atoms with Crippen LogP contribution < -0.4 is 5.32 Å². The number of piperidine rings is 1. The Morgan fingerprint density at radius 2 is 2.23 bits per heavy atom. The van der Waals surface area contributed by atoms with Crippen molar-refractivity contribution in [1.82, 2.24) is 15.3 Å². The van der Waals surface area contributed by atoms with E-state index < -0.39 is 0 Å². The molecule has 0 aromatic carbocycles. The van der Waals surface area contributed by atoms with E-state index in [1.54, 1.807) is 0 Å². The van der Waals surface area contributed by atoms with Crippen LogP contribution >= 0.6 is 0 Å². The molecule has 1 saturated heterocycles. The van der Waals surface area contributed by atoms with E-state index in [4.69, 9.17) is 0 Å². The Labute approximate surface area is 154 Å². The topological polar surface area (TPSA) is 67.2 Å². The first-order valence-corrected chi connectivity index (χ1v) is 9.37. The van der Waals surface area contributed by atoms with Gasteiger partial charge in [-0.25, -0.2) is 0 Å². The van der Waals surface area contributed by atoms with Crippen LogP contribution in [0, 0.1) is 12.8 Å². The number of fused-ring (bicyclic) bond motifs is 1. The lowest BCUT2D eigenvalue weighted by Crippen LogP contribution is -2.31. The standard InChI is InChI=1S/C21H24N4O/c1-14-7-16(4-6-23-14)21-20-13-24-18(9-17(20)12-25-21)10-19(26)8-15-3-2-5-22-11-15/h4,6-7,9,13,15,22H,2-3,5,8,10-12H2,1H3. The monoisotopic (exact) mass is 348 g/mol. The van der Waals surface area contributed by atoms with Crippen LogP contribution in [0.5, 0.6) is 0 Å². The maximum absolute atomic E-state index is 12.4. The first-order chi connectivity index (χ1) is 12.7. The third kappa shape index (κ3) is 3.73. The lowest BCUT2D eigenvalue weighted by molar-refractivity contribution is -0.119. The predicted molar refractivity (Wildman–Crippen MR) is 101 cm³/mol. The minimum atomic E-state index is 0.287. The highest BCUT2D eigenvalue weighted by Gasteiger charge is 2.21. The molecule has 5 nitrogen and oxygen atoms in total. The highest BCUT2D eigenvalue weighted by atomic mass is 16.1. The highest BCUT2D eigenvalue weighted by Crippen LogP contribution is 2.24. The number of hydrogen-bond donors (Lipinski definition) is 1. The number of ketones is 1. The Balaban J connectivity index is 1.44.